The molecule has 1 saturated heterocycles. The molecule has 1 aliphatic heterocycles. The van der Waals surface area contributed by atoms with E-state index in [0.717, 1.165) is 13.0 Å². The molecule has 0 aromatic carbocycles. The van der Waals surface area contributed by atoms with Crippen LogP contribution in [0.1, 0.15) is 30.1 Å². The lowest BCUT2D eigenvalue weighted by atomic mass is 10.2. The van der Waals surface area contributed by atoms with Gasteiger partial charge in [-0.1, -0.05) is 0 Å². The van der Waals surface area contributed by atoms with Gasteiger partial charge in [-0.3, -0.25) is 9.59 Å². The van der Waals surface area contributed by atoms with Gasteiger partial charge in [0, 0.05) is 25.6 Å². The summed E-state index contributed by atoms with van der Waals surface area (Å²) in [6.07, 6.45) is 2.98. The molecule has 0 bridgehead atoms. The van der Waals surface area contributed by atoms with Gasteiger partial charge in [0.15, 0.2) is 4.67 Å². The Balaban J connectivity index is 1.88. The number of halogens is 1. The molecular weight excluding hydrogens is 300 g/mol. The van der Waals surface area contributed by atoms with Gasteiger partial charge >= 0.3 is 0 Å². The number of furan rings is 1. The average molecular weight is 315 g/mol. The summed E-state index contributed by atoms with van der Waals surface area (Å²) < 4.78 is 5.43. The van der Waals surface area contributed by atoms with E-state index in [1.807, 2.05) is 6.92 Å². The second kappa shape index (κ2) is 5.56. The van der Waals surface area contributed by atoms with E-state index < -0.39 is 0 Å². The van der Waals surface area contributed by atoms with E-state index >= 15 is 0 Å². The van der Waals surface area contributed by atoms with Crippen LogP contribution in [0.2, 0.25) is 0 Å². The summed E-state index contributed by atoms with van der Waals surface area (Å²) in [5, 5.41) is 2.85. The Morgan fingerprint density at radius 1 is 1.67 bits per heavy atom. The first-order valence-electron chi connectivity index (χ1n) is 5.89. The van der Waals surface area contributed by atoms with Crippen LogP contribution in [0, 0.1) is 0 Å². The van der Waals surface area contributed by atoms with Gasteiger partial charge in [-0.05, 0) is 35.3 Å². The van der Waals surface area contributed by atoms with Crippen molar-refractivity contribution in [2.45, 2.75) is 25.8 Å². The molecule has 6 heteroatoms. The highest BCUT2D eigenvalue weighted by Crippen LogP contribution is 2.17. The second-order valence-corrected chi connectivity index (χ2v) is 5.15. The Morgan fingerprint density at radius 2 is 2.44 bits per heavy atom. The van der Waals surface area contributed by atoms with Gasteiger partial charge in [0.2, 0.25) is 5.91 Å². The smallest absolute Gasteiger partial charge is 0.256 e. The van der Waals surface area contributed by atoms with Crippen LogP contribution in [0.15, 0.2) is 21.4 Å². The van der Waals surface area contributed by atoms with Crippen LogP contribution in [-0.4, -0.2) is 35.8 Å². The number of carbonyl (C=O) groups excluding carboxylic acids is 2. The molecular formula is C12H15BrN2O3. The van der Waals surface area contributed by atoms with Crippen LogP contribution >= 0.6 is 15.9 Å². The Labute approximate surface area is 114 Å². The average Bonchev–Trinajstić information content (AvgIpc) is 2.88. The van der Waals surface area contributed by atoms with Crippen LogP contribution in [-0.2, 0) is 4.79 Å². The number of hydrogen-bond acceptors (Lipinski definition) is 3. The number of nitrogens with one attached hydrogen (secondary N) is 1. The van der Waals surface area contributed by atoms with Gasteiger partial charge < -0.3 is 14.6 Å². The number of carbonyl (C=O) groups is 2. The predicted octanol–water partition coefficient (Wildman–Crippen LogP) is 1.78. The Kier molecular flexibility index (Phi) is 4.06. The molecule has 18 heavy (non-hydrogen) atoms. The summed E-state index contributed by atoms with van der Waals surface area (Å²) in [7, 11) is 0. The highest BCUT2D eigenvalue weighted by Gasteiger charge is 2.23. The van der Waals surface area contributed by atoms with Crippen molar-refractivity contribution < 1.29 is 14.0 Å². The molecule has 1 aromatic rings. The van der Waals surface area contributed by atoms with Crippen LogP contribution in [0.4, 0.5) is 0 Å². The van der Waals surface area contributed by atoms with Crippen molar-refractivity contribution in [1.29, 1.82) is 0 Å². The molecule has 2 rings (SSSR count). The van der Waals surface area contributed by atoms with Crippen LogP contribution in [0.3, 0.4) is 0 Å². The standard InChI is InChI=1S/C12H15BrN2O3/c1-8(7-15-5-2-3-10(15)16)14-12(17)9-4-6-18-11(9)13/h4,6,8H,2-3,5,7H2,1H3,(H,14,17). The van der Waals surface area contributed by atoms with Gasteiger partial charge in [0.1, 0.15) is 0 Å². The van der Waals surface area contributed by atoms with E-state index in [4.69, 9.17) is 4.42 Å². The van der Waals surface area contributed by atoms with Gasteiger partial charge in [0.25, 0.3) is 5.91 Å². The Morgan fingerprint density at radius 3 is 3.00 bits per heavy atom. The SMILES string of the molecule is CC(CN1CCCC1=O)NC(=O)c1ccoc1Br. The maximum Gasteiger partial charge on any atom is 0.256 e. The molecule has 0 radical (unpaired) electrons. The lowest BCUT2D eigenvalue weighted by Gasteiger charge is -2.21. The zero-order valence-corrected chi connectivity index (χ0v) is 11.7. The number of rotatable bonds is 4. The Hall–Kier alpha value is -1.30. The van der Waals surface area contributed by atoms with E-state index in [2.05, 4.69) is 21.2 Å². The molecule has 1 N–H and O–H groups in total. The third kappa shape index (κ3) is 2.93. The molecule has 1 aromatic heterocycles. The summed E-state index contributed by atoms with van der Waals surface area (Å²) in [5.74, 6) is -0.0321. The lowest BCUT2D eigenvalue weighted by molar-refractivity contribution is -0.127. The van der Waals surface area contributed by atoms with Crippen LogP contribution in [0.25, 0.3) is 0 Å². The topological polar surface area (TPSA) is 62.6 Å². The molecule has 1 unspecified atom stereocenters. The summed E-state index contributed by atoms with van der Waals surface area (Å²) in [5.41, 5.74) is 0.467. The quantitative estimate of drug-likeness (QED) is 0.921. The van der Waals surface area contributed by atoms with Crippen molar-refractivity contribution in [2.24, 2.45) is 0 Å². The molecule has 1 aliphatic rings. The van der Waals surface area contributed by atoms with E-state index in [1.54, 1.807) is 11.0 Å². The molecule has 98 valence electrons. The second-order valence-electron chi connectivity index (χ2n) is 4.43. The minimum atomic E-state index is -0.199. The van der Waals surface area contributed by atoms with Crippen LogP contribution < -0.4 is 5.32 Å². The third-order valence-corrected chi connectivity index (χ3v) is 3.52. The molecule has 5 nitrogen and oxygen atoms in total. The number of amides is 2. The zero-order valence-electron chi connectivity index (χ0n) is 10.1. The minimum absolute atomic E-state index is 0.0821. The molecule has 0 aliphatic carbocycles. The zero-order chi connectivity index (χ0) is 13.1. The monoisotopic (exact) mass is 314 g/mol. The summed E-state index contributed by atoms with van der Waals surface area (Å²) in [6, 6.07) is 1.52. The van der Waals surface area contributed by atoms with Crippen molar-refractivity contribution in [1.82, 2.24) is 10.2 Å². The van der Waals surface area contributed by atoms with Gasteiger partial charge in [-0.25, -0.2) is 0 Å². The van der Waals surface area contributed by atoms with Gasteiger partial charge in [0.05, 0.1) is 11.8 Å². The van der Waals surface area contributed by atoms with E-state index in [9.17, 15) is 9.59 Å². The minimum Gasteiger partial charge on any atom is -0.457 e. The van der Waals surface area contributed by atoms with Gasteiger partial charge in [-0.2, -0.15) is 0 Å². The fraction of sp³-hybridized carbons (Fsp3) is 0.500. The van der Waals surface area contributed by atoms with Crippen molar-refractivity contribution in [3.8, 4) is 0 Å². The summed E-state index contributed by atoms with van der Waals surface area (Å²) in [4.78, 5) is 25.1. The fourth-order valence-corrected chi connectivity index (χ4v) is 2.45. The largest absolute Gasteiger partial charge is 0.457 e. The molecule has 1 atom stereocenters. The normalized spacial score (nSPS) is 17.0. The molecule has 2 heterocycles. The fourth-order valence-electron chi connectivity index (χ4n) is 2.03. The van der Waals surface area contributed by atoms with Crippen LogP contribution in [0.5, 0.6) is 0 Å². The predicted molar refractivity (Wildman–Crippen MR) is 69.2 cm³/mol. The van der Waals surface area contributed by atoms with E-state index in [1.165, 1.54) is 6.26 Å². The lowest BCUT2D eigenvalue weighted by Crippen LogP contribution is -2.42. The molecule has 1 fully saturated rings. The number of likely N-dealkylation sites (tertiary alicyclic amines) is 1. The number of hydrogen-bond donors (Lipinski definition) is 1. The molecule has 0 saturated carbocycles. The molecule has 0 spiro atoms. The first-order valence-corrected chi connectivity index (χ1v) is 6.69. The van der Waals surface area contributed by atoms with E-state index in [-0.39, 0.29) is 17.9 Å². The van der Waals surface area contributed by atoms with Crippen molar-refractivity contribution in [3.63, 3.8) is 0 Å². The first kappa shape index (κ1) is 13.1. The highest BCUT2D eigenvalue weighted by molar-refractivity contribution is 9.10. The summed E-state index contributed by atoms with van der Waals surface area (Å²) >= 11 is 3.16. The van der Waals surface area contributed by atoms with Crippen molar-refractivity contribution >= 4 is 27.7 Å². The molecule has 2 amide bonds. The maximum atomic E-state index is 11.9. The maximum absolute atomic E-state index is 11.9. The van der Waals surface area contributed by atoms with Crippen molar-refractivity contribution in [3.05, 3.63) is 22.6 Å². The summed E-state index contributed by atoms with van der Waals surface area (Å²) in [6.45, 7) is 3.23. The number of nitrogens with zero attached hydrogens (tertiary/aromatic N) is 1. The van der Waals surface area contributed by atoms with E-state index in [0.29, 0.717) is 23.2 Å². The van der Waals surface area contributed by atoms with Crippen molar-refractivity contribution in [2.75, 3.05) is 13.1 Å². The highest BCUT2D eigenvalue weighted by atomic mass is 79.9. The first-order chi connectivity index (χ1) is 8.58. The van der Waals surface area contributed by atoms with Gasteiger partial charge in [-0.15, -0.1) is 0 Å². The Bertz CT molecular complexity index is 458. The third-order valence-electron chi connectivity index (χ3n) is 2.91.